The SMILES string of the molecule is C[C@H]1CC(C(=O)N2CCC3(Cc4cccc(F)c4)c4ccc(C(C)(F)C(F)(F)F)cc4CCC23)CC[C@H]1C(=O)O.C[C@H]1CC(C(=O)N2CCC3(Cc4cccc(F)c4)c4ccc(C(C)(F)C(F)(F)F)cc4CCC23)CC[C@H]1C(=O)O. The third kappa shape index (κ3) is 10.7. The summed E-state index contributed by atoms with van der Waals surface area (Å²) in [6.45, 7) is 5.67. The monoisotopic (exact) mass is 1130 g/mol. The first kappa shape index (κ1) is 58.7. The topological polar surface area (TPSA) is 115 Å². The lowest BCUT2D eigenvalue weighted by Gasteiger charge is -2.45. The maximum atomic E-state index is 14.9. The number of hydrogen-bond acceptors (Lipinski definition) is 4. The van der Waals surface area contributed by atoms with Gasteiger partial charge in [0.25, 0.3) is 0 Å². The fourth-order valence-corrected chi connectivity index (χ4v) is 15.0. The van der Waals surface area contributed by atoms with E-state index in [-0.39, 0.29) is 47.6 Å². The number of halogens is 10. The fourth-order valence-electron chi connectivity index (χ4n) is 15.0. The molecule has 8 unspecified atom stereocenters. The fraction of sp³-hybridized carbons (Fsp3) is 0.548. The molecule has 8 nitrogen and oxygen atoms in total. The number of carboxylic acids is 2. The quantitative estimate of drug-likeness (QED) is 0.153. The van der Waals surface area contributed by atoms with Gasteiger partial charge in [-0.1, -0.05) is 74.5 Å². The minimum atomic E-state index is -5.06. The Bertz CT molecular complexity index is 2820. The second-order valence-corrected chi connectivity index (χ2v) is 24.2. The zero-order valence-corrected chi connectivity index (χ0v) is 45.2. The van der Waals surface area contributed by atoms with Crippen LogP contribution in [0.4, 0.5) is 43.9 Å². The van der Waals surface area contributed by atoms with Gasteiger partial charge in [0.15, 0.2) is 0 Å². The number of aliphatic carboxylic acids is 2. The summed E-state index contributed by atoms with van der Waals surface area (Å²) in [6, 6.07) is 20.1. The van der Waals surface area contributed by atoms with Gasteiger partial charge < -0.3 is 20.0 Å². The molecule has 0 aromatic heterocycles. The van der Waals surface area contributed by atoms with Crippen LogP contribution in [0.1, 0.15) is 136 Å². The molecule has 0 radical (unpaired) electrons. The molecule has 2 aliphatic heterocycles. The summed E-state index contributed by atoms with van der Waals surface area (Å²) in [5.41, 5.74) is -4.96. The predicted octanol–water partition coefficient (Wildman–Crippen LogP) is 13.5. The van der Waals surface area contributed by atoms with Gasteiger partial charge in [-0.3, -0.25) is 19.2 Å². The van der Waals surface area contributed by atoms with Gasteiger partial charge in [-0.05, 0) is 184 Å². The summed E-state index contributed by atoms with van der Waals surface area (Å²) in [5, 5.41) is 19.0. The molecule has 0 bridgehead atoms. The van der Waals surface area contributed by atoms with Crippen LogP contribution < -0.4 is 0 Å². The molecule has 2 amide bonds. The molecule has 2 saturated carbocycles. The van der Waals surface area contributed by atoms with Crippen LogP contribution in [-0.4, -0.2) is 81.3 Å². The van der Waals surface area contributed by atoms with Crippen molar-refractivity contribution in [1.29, 1.82) is 0 Å². The molecule has 18 heteroatoms. The summed E-state index contributed by atoms with van der Waals surface area (Å²) < 4.78 is 139. The van der Waals surface area contributed by atoms with Crippen molar-refractivity contribution < 1.29 is 73.3 Å². The summed E-state index contributed by atoms with van der Waals surface area (Å²) >= 11 is 0. The van der Waals surface area contributed by atoms with Gasteiger partial charge in [0.1, 0.15) is 11.6 Å². The minimum Gasteiger partial charge on any atom is -0.481 e. The first-order valence-corrected chi connectivity index (χ1v) is 27.8. The number of aryl methyl sites for hydroxylation is 2. The Kier molecular flexibility index (Phi) is 16.0. The van der Waals surface area contributed by atoms with Crippen molar-refractivity contribution in [2.24, 2.45) is 35.5 Å². The smallest absolute Gasteiger partial charge is 0.426 e. The number of alkyl halides is 8. The number of hydrogen-bond donors (Lipinski definition) is 2. The molecular weight excluding hydrogens is 1060 g/mol. The van der Waals surface area contributed by atoms with Crippen molar-refractivity contribution in [2.75, 3.05) is 13.1 Å². The van der Waals surface area contributed by atoms with Gasteiger partial charge in [0, 0.05) is 47.8 Å². The summed E-state index contributed by atoms with van der Waals surface area (Å²) in [6.07, 6.45) is -3.67. The number of nitrogens with zero attached hydrogens (tertiary/aromatic N) is 2. The first-order valence-electron chi connectivity index (χ1n) is 27.8. The van der Waals surface area contributed by atoms with Crippen molar-refractivity contribution in [3.8, 4) is 0 Å². The predicted molar refractivity (Wildman–Crippen MR) is 278 cm³/mol. The van der Waals surface area contributed by atoms with E-state index in [1.54, 1.807) is 36.4 Å². The van der Waals surface area contributed by atoms with Crippen LogP contribution in [0, 0.1) is 47.1 Å². The first-order chi connectivity index (χ1) is 37.5. The standard InChI is InChI=1S/2C31H34F5NO3/c2*1-18-14-21(6-9-24(18)28(39)40)27(38)37-13-12-30(17-19-4-3-5-23(32)15-19)25-10-8-22(29(2,33)31(34,35)36)16-20(25)7-11-26(30)37/h2*3-5,8,10,15-16,18,21,24,26H,6-7,9,11-14,17H2,1-2H3,(H,39,40)/t2*18-,21?,24+,26?,29?,30?/m00/s1. The zero-order valence-electron chi connectivity index (χ0n) is 45.2. The zero-order chi connectivity index (χ0) is 58.1. The maximum Gasteiger partial charge on any atom is 0.426 e. The van der Waals surface area contributed by atoms with Gasteiger partial charge in [0.05, 0.1) is 11.8 Å². The molecule has 4 aromatic rings. The van der Waals surface area contributed by atoms with Crippen LogP contribution in [0.15, 0.2) is 84.9 Å². The van der Waals surface area contributed by atoms with Crippen LogP contribution in [0.3, 0.4) is 0 Å². The Morgan fingerprint density at radius 1 is 0.537 bits per heavy atom. The van der Waals surface area contributed by atoms with Crippen molar-refractivity contribution >= 4 is 23.8 Å². The lowest BCUT2D eigenvalue weighted by molar-refractivity contribution is -0.229. The largest absolute Gasteiger partial charge is 0.481 e. The number of rotatable bonds is 10. The molecule has 2 saturated heterocycles. The molecule has 80 heavy (non-hydrogen) atoms. The van der Waals surface area contributed by atoms with Gasteiger partial charge in [-0.15, -0.1) is 0 Å². The minimum absolute atomic E-state index is 0.0183. The second kappa shape index (κ2) is 21.8. The number of carbonyl (C=O) groups is 4. The Labute approximate surface area is 459 Å². The van der Waals surface area contributed by atoms with E-state index in [1.165, 1.54) is 48.5 Å². The number of benzene rings is 4. The number of fused-ring (bicyclic) bond motifs is 6. The molecule has 4 aromatic carbocycles. The van der Waals surface area contributed by atoms with Gasteiger partial charge in [0.2, 0.25) is 23.2 Å². The highest BCUT2D eigenvalue weighted by Gasteiger charge is 2.58. The number of carboxylic acid groups (broad SMARTS) is 2. The van der Waals surface area contributed by atoms with Crippen molar-refractivity contribution in [2.45, 2.75) is 164 Å². The summed E-state index contributed by atoms with van der Waals surface area (Å²) in [4.78, 5) is 54.7. The molecule has 12 atom stereocenters. The summed E-state index contributed by atoms with van der Waals surface area (Å²) in [5.74, 6) is -4.30. The van der Waals surface area contributed by atoms with Crippen LogP contribution >= 0.6 is 0 Å². The second-order valence-electron chi connectivity index (χ2n) is 24.2. The molecule has 2 heterocycles. The molecule has 2 N–H and O–H groups in total. The third-order valence-electron chi connectivity index (χ3n) is 19.5. The average Bonchev–Trinajstić information content (AvgIpc) is 3.98. The lowest BCUT2D eigenvalue weighted by atomic mass is 9.63. The Morgan fingerprint density at radius 3 is 1.24 bits per heavy atom. The van der Waals surface area contributed by atoms with E-state index in [4.69, 9.17) is 0 Å². The molecule has 0 spiro atoms. The van der Waals surface area contributed by atoms with Crippen molar-refractivity contribution in [1.82, 2.24) is 9.80 Å². The highest BCUT2D eigenvalue weighted by molar-refractivity contribution is 5.82. The molecule has 10 rings (SSSR count). The van der Waals surface area contributed by atoms with E-state index >= 15 is 0 Å². The van der Waals surface area contributed by atoms with E-state index in [0.717, 1.165) is 22.3 Å². The van der Waals surface area contributed by atoms with E-state index in [1.807, 2.05) is 23.6 Å². The van der Waals surface area contributed by atoms with Crippen LogP contribution in [0.2, 0.25) is 0 Å². The van der Waals surface area contributed by atoms with Gasteiger partial charge in [-0.25, -0.2) is 17.6 Å². The van der Waals surface area contributed by atoms with Crippen molar-refractivity contribution in [3.63, 3.8) is 0 Å². The average molecular weight is 1130 g/mol. The van der Waals surface area contributed by atoms with Crippen LogP contribution in [-0.2, 0) is 67.0 Å². The third-order valence-corrected chi connectivity index (χ3v) is 19.5. The normalized spacial score (nSPS) is 29.8. The van der Waals surface area contributed by atoms with Crippen LogP contribution in [0.5, 0.6) is 0 Å². The number of amides is 2. The Hall–Kier alpha value is -5.94. The molecular formula is C62H68F10N2O6. The molecule has 4 aliphatic carbocycles. The van der Waals surface area contributed by atoms with E-state index < -0.39 is 81.1 Å². The number of carbonyl (C=O) groups excluding carboxylic acids is 2. The number of likely N-dealkylation sites (tertiary alicyclic amines) is 2. The maximum absolute atomic E-state index is 14.9. The van der Waals surface area contributed by atoms with Gasteiger partial charge >= 0.3 is 24.3 Å². The van der Waals surface area contributed by atoms with Gasteiger partial charge in [-0.2, -0.15) is 26.3 Å². The van der Waals surface area contributed by atoms with E-state index in [0.29, 0.717) is 128 Å². The highest BCUT2D eigenvalue weighted by atomic mass is 19.4. The highest BCUT2D eigenvalue weighted by Crippen LogP contribution is 2.54. The molecule has 432 valence electrons. The van der Waals surface area contributed by atoms with Crippen molar-refractivity contribution in [3.05, 3.63) is 141 Å². The summed E-state index contributed by atoms with van der Waals surface area (Å²) in [7, 11) is 0. The molecule has 4 fully saturated rings. The Morgan fingerprint density at radius 2 is 0.912 bits per heavy atom. The van der Waals surface area contributed by atoms with Crippen LogP contribution in [0.25, 0.3) is 0 Å². The van der Waals surface area contributed by atoms with E-state index in [9.17, 15) is 73.3 Å². The Balaban J connectivity index is 0.000000194. The van der Waals surface area contributed by atoms with E-state index in [2.05, 4.69) is 0 Å². The molecule has 6 aliphatic rings. The lowest BCUT2D eigenvalue weighted by Crippen LogP contribution is -2.51.